The number of anilines is 2. The number of hydrogen-bond acceptors (Lipinski definition) is 4. The molecule has 1 heterocycles. The minimum atomic E-state index is -3.46. The second kappa shape index (κ2) is 11.2. The Morgan fingerprint density at radius 1 is 0.765 bits per heavy atom. The lowest BCUT2D eigenvalue weighted by Gasteiger charge is -2.40. The van der Waals surface area contributed by atoms with Crippen molar-refractivity contribution in [2.45, 2.75) is 44.2 Å². The summed E-state index contributed by atoms with van der Waals surface area (Å²) in [6.45, 7) is 7.75. The smallest absolute Gasteiger partial charge is 0.243 e. The number of rotatable bonds is 9. The van der Waals surface area contributed by atoms with Gasteiger partial charge in [-0.25, -0.2) is 8.42 Å². The molecule has 0 saturated carbocycles. The number of sulfonamides is 1. The van der Waals surface area contributed by atoms with E-state index in [1.807, 2.05) is 32.0 Å². The molecular weight excluding hydrogens is 442 g/mol. The Balaban J connectivity index is 1.54. The van der Waals surface area contributed by atoms with Gasteiger partial charge >= 0.3 is 0 Å². The lowest BCUT2D eigenvalue weighted by atomic mass is 10.0. The molecule has 5 nitrogen and oxygen atoms in total. The van der Waals surface area contributed by atoms with Gasteiger partial charge in [0, 0.05) is 50.1 Å². The zero-order chi connectivity index (χ0) is 24.0. The van der Waals surface area contributed by atoms with Crippen molar-refractivity contribution in [3.8, 4) is 0 Å². The predicted molar refractivity (Wildman–Crippen MR) is 140 cm³/mol. The van der Waals surface area contributed by atoms with Crippen LogP contribution in [0.4, 0.5) is 11.4 Å². The van der Waals surface area contributed by atoms with Gasteiger partial charge in [-0.05, 0) is 54.8 Å². The molecular formula is C28H35N3O2S. The molecule has 0 amide bonds. The van der Waals surface area contributed by atoms with Gasteiger partial charge in [-0.2, -0.15) is 4.31 Å². The number of likely N-dealkylation sites (tertiary alicyclic amines) is 1. The van der Waals surface area contributed by atoms with Crippen LogP contribution in [0.15, 0.2) is 89.8 Å². The van der Waals surface area contributed by atoms with Crippen LogP contribution in [0.5, 0.6) is 0 Å². The Morgan fingerprint density at radius 2 is 1.29 bits per heavy atom. The average molecular weight is 478 g/mol. The van der Waals surface area contributed by atoms with Crippen LogP contribution >= 0.6 is 0 Å². The molecule has 0 aromatic heterocycles. The number of para-hydroxylation sites is 1. The van der Waals surface area contributed by atoms with Gasteiger partial charge in [-0.1, -0.05) is 62.4 Å². The van der Waals surface area contributed by atoms with Gasteiger partial charge in [0.25, 0.3) is 0 Å². The Bertz CT molecular complexity index is 1120. The van der Waals surface area contributed by atoms with E-state index in [0.717, 1.165) is 43.9 Å². The van der Waals surface area contributed by atoms with Gasteiger partial charge in [0.15, 0.2) is 0 Å². The van der Waals surface area contributed by atoms with Crippen molar-refractivity contribution in [1.82, 2.24) is 9.21 Å². The van der Waals surface area contributed by atoms with E-state index in [9.17, 15) is 8.42 Å². The van der Waals surface area contributed by atoms with Gasteiger partial charge in [0.2, 0.25) is 10.0 Å². The second-order valence-corrected chi connectivity index (χ2v) is 10.7. The van der Waals surface area contributed by atoms with E-state index >= 15 is 0 Å². The summed E-state index contributed by atoms with van der Waals surface area (Å²) in [4.78, 5) is 5.26. The van der Waals surface area contributed by atoms with Crippen molar-refractivity contribution >= 4 is 21.4 Å². The predicted octanol–water partition coefficient (Wildman–Crippen LogP) is 5.52. The molecule has 0 radical (unpaired) electrons. The molecule has 3 aromatic carbocycles. The van der Waals surface area contributed by atoms with Crippen molar-refractivity contribution in [2.24, 2.45) is 0 Å². The highest BCUT2D eigenvalue weighted by molar-refractivity contribution is 7.89. The number of benzene rings is 3. The van der Waals surface area contributed by atoms with Crippen LogP contribution in [0.2, 0.25) is 0 Å². The summed E-state index contributed by atoms with van der Waals surface area (Å²) >= 11 is 0. The fourth-order valence-corrected chi connectivity index (χ4v) is 6.29. The third-order valence-corrected chi connectivity index (χ3v) is 8.73. The maximum absolute atomic E-state index is 12.9. The van der Waals surface area contributed by atoms with Crippen LogP contribution < -0.4 is 4.90 Å². The summed E-state index contributed by atoms with van der Waals surface area (Å²) in [6, 6.07) is 28.9. The van der Waals surface area contributed by atoms with Gasteiger partial charge in [-0.15, -0.1) is 0 Å². The molecule has 180 valence electrons. The third kappa shape index (κ3) is 5.52. The molecule has 3 aromatic rings. The lowest BCUT2D eigenvalue weighted by Crippen LogP contribution is -2.42. The van der Waals surface area contributed by atoms with Crippen LogP contribution in [-0.4, -0.2) is 49.8 Å². The van der Waals surface area contributed by atoms with Crippen LogP contribution in [0, 0.1) is 0 Å². The Hall–Kier alpha value is -2.67. The van der Waals surface area contributed by atoms with Crippen molar-refractivity contribution in [3.63, 3.8) is 0 Å². The molecule has 0 spiro atoms. The molecule has 0 bridgehead atoms. The second-order valence-electron chi connectivity index (χ2n) is 8.78. The van der Waals surface area contributed by atoms with E-state index in [1.165, 1.54) is 9.87 Å². The molecule has 0 aliphatic carbocycles. The standard InChI is InChI=1S/C28H35N3O2S/c1-3-30(4-2)34(32,33)28-17-15-26(16-18-28)31(25-13-9-6-10-14-25)27-19-21-29(22-20-27)23-24-11-7-5-8-12-24/h5-18,27H,3-4,19-23H2,1-2H3. The Labute approximate surface area is 204 Å². The van der Waals surface area contributed by atoms with Crippen molar-refractivity contribution < 1.29 is 8.42 Å². The van der Waals surface area contributed by atoms with Crippen molar-refractivity contribution in [2.75, 3.05) is 31.1 Å². The molecule has 4 rings (SSSR count). The first-order valence-corrected chi connectivity index (χ1v) is 13.7. The van der Waals surface area contributed by atoms with Crippen LogP contribution in [0.25, 0.3) is 0 Å². The summed E-state index contributed by atoms with van der Waals surface area (Å²) in [5.41, 5.74) is 3.53. The molecule has 1 saturated heterocycles. The van der Waals surface area contributed by atoms with Gasteiger partial charge in [0.05, 0.1) is 4.90 Å². The van der Waals surface area contributed by atoms with E-state index in [-0.39, 0.29) is 0 Å². The van der Waals surface area contributed by atoms with Crippen LogP contribution in [0.1, 0.15) is 32.3 Å². The van der Waals surface area contributed by atoms with Crippen LogP contribution in [-0.2, 0) is 16.6 Å². The van der Waals surface area contributed by atoms with E-state index in [1.54, 1.807) is 12.1 Å². The van der Waals surface area contributed by atoms with E-state index in [0.29, 0.717) is 24.0 Å². The minimum Gasteiger partial charge on any atom is -0.338 e. The maximum Gasteiger partial charge on any atom is 0.243 e. The van der Waals surface area contributed by atoms with Gasteiger partial charge in [-0.3, -0.25) is 4.90 Å². The lowest BCUT2D eigenvalue weighted by molar-refractivity contribution is 0.205. The highest BCUT2D eigenvalue weighted by atomic mass is 32.2. The Morgan fingerprint density at radius 3 is 1.85 bits per heavy atom. The molecule has 0 N–H and O–H groups in total. The van der Waals surface area contributed by atoms with Crippen LogP contribution in [0.3, 0.4) is 0 Å². The van der Waals surface area contributed by atoms with E-state index < -0.39 is 10.0 Å². The largest absolute Gasteiger partial charge is 0.338 e. The maximum atomic E-state index is 12.9. The summed E-state index contributed by atoms with van der Waals surface area (Å²) in [5.74, 6) is 0. The molecule has 1 aliphatic heterocycles. The summed E-state index contributed by atoms with van der Waals surface area (Å²) < 4.78 is 27.4. The summed E-state index contributed by atoms with van der Waals surface area (Å²) in [7, 11) is -3.46. The zero-order valence-electron chi connectivity index (χ0n) is 20.2. The highest BCUT2D eigenvalue weighted by Crippen LogP contribution is 2.33. The minimum absolute atomic E-state index is 0.352. The molecule has 0 atom stereocenters. The summed E-state index contributed by atoms with van der Waals surface area (Å²) in [5, 5.41) is 0. The molecule has 0 unspecified atom stereocenters. The van der Waals surface area contributed by atoms with E-state index in [2.05, 4.69) is 64.4 Å². The molecule has 1 fully saturated rings. The number of nitrogens with zero attached hydrogens (tertiary/aromatic N) is 3. The fraction of sp³-hybridized carbons (Fsp3) is 0.357. The number of hydrogen-bond donors (Lipinski definition) is 0. The first-order valence-electron chi connectivity index (χ1n) is 12.2. The molecule has 34 heavy (non-hydrogen) atoms. The van der Waals surface area contributed by atoms with E-state index in [4.69, 9.17) is 0 Å². The first kappa shape index (κ1) is 24.5. The molecule has 6 heteroatoms. The third-order valence-electron chi connectivity index (χ3n) is 6.66. The Kier molecular flexibility index (Phi) is 8.03. The quantitative estimate of drug-likeness (QED) is 0.407. The average Bonchev–Trinajstić information content (AvgIpc) is 2.87. The highest BCUT2D eigenvalue weighted by Gasteiger charge is 2.27. The van der Waals surface area contributed by atoms with Gasteiger partial charge in [0.1, 0.15) is 0 Å². The first-order chi connectivity index (χ1) is 16.5. The SMILES string of the molecule is CCN(CC)S(=O)(=O)c1ccc(N(c2ccccc2)C2CCN(Cc3ccccc3)CC2)cc1. The van der Waals surface area contributed by atoms with Crippen molar-refractivity contribution in [3.05, 3.63) is 90.5 Å². The summed E-state index contributed by atoms with van der Waals surface area (Å²) in [6.07, 6.45) is 2.11. The van der Waals surface area contributed by atoms with Crippen molar-refractivity contribution in [1.29, 1.82) is 0 Å². The number of piperidine rings is 1. The normalized spacial score (nSPS) is 15.5. The fourth-order valence-electron chi connectivity index (χ4n) is 4.83. The van der Waals surface area contributed by atoms with Gasteiger partial charge < -0.3 is 4.90 Å². The zero-order valence-corrected chi connectivity index (χ0v) is 21.0. The molecule has 1 aliphatic rings. The monoisotopic (exact) mass is 477 g/mol. The topological polar surface area (TPSA) is 43.9 Å².